The first-order valence-corrected chi connectivity index (χ1v) is 28.4. The molecule has 6 N–H and O–H groups in total. The molecule has 77 heavy (non-hydrogen) atoms. The fourth-order valence-electron chi connectivity index (χ4n) is 11.6. The van der Waals surface area contributed by atoms with Crippen molar-refractivity contribution in [3.05, 3.63) is 81.5 Å². The number of rotatable bonds is 16. The molecule has 7 heterocycles. The molecule has 0 spiro atoms. The number of aryl methyl sites for hydroxylation is 1. The number of piperazine rings is 1. The number of nitriles is 1. The van der Waals surface area contributed by atoms with E-state index in [1.54, 1.807) is 17.4 Å². The third-order valence-corrected chi connectivity index (χ3v) is 18.1. The topological polar surface area (TPSA) is 215 Å². The van der Waals surface area contributed by atoms with Crippen LogP contribution in [0.15, 0.2) is 48.0 Å². The van der Waals surface area contributed by atoms with Crippen molar-refractivity contribution in [1.29, 1.82) is 5.26 Å². The number of carbonyl (C=O) groups excluding carboxylic acids is 3. The third kappa shape index (κ3) is 10.9. The number of halogens is 3. The summed E-state index contributed by atoms with van der Waals surface area (Å²) in [5, 5.41) is 31.2. The van der Waals surface area contributed by atoms with Gasteiger partial charge in [-0.3, -0.25) is 19.3 Å². The van der Waals surface area contributed by atoms with E-state index in [1.807, 2.05) is 64.4 Å². The molecule has 0 aliphatic carbocycles. The lowest BCUT2D eigenvalue weighted by Crippen LogP contribution is -2.58. The number of hydrogen-bond acceptors (Lipinski definition) is 15. The molecular formula is C56H64ClF2N11O5S2. The second kappa shape index (κ2) is 22.0. The SMILES string of the molecule is Cc1ncsc1-c1ccc([C@H](C)NC(=O)[C@@H]2C[C@@H](O)CN2C(=O)[C@@H](NC(=O)CCCCN2C[C@@H](C)[C@H]2COc2nc(N3CC4CCC(C3)N4)c3cc(Cl)c(-c4ccc(F)c5sc(N)c(C#N)c45)c(F)c3n2)C(C)(C)C)cc1. The van der Waals surface area contributed by atoms with Gasteiger partial charge >= 0.3 is 6.01 Å². The Morgan fingerprint density at radius 3 is 2.47 bits per heavy atom. The molecule has 2 bridgehead atoms. The first kappa shape index (κ1) is 54.3. The Balaban J connectivity index is 0.776. The van der Waals surface area contributed by atoms with Crippen LogP contribution in [-0.2, 0) is 14.4 Å². The van der Waals surface area contributed by atoms with Crippen molar-refractivity contribution in [2.45, 2.75) is 122 Å². The van der Waals surface area contributed by atoms with Crippen molar-refractivity contribution in [2.75, 3.05) is 50.0 Å². The summed E-state index contributed by atoms with van der Waals surface area (Å²) in [5.41, 5.74) is 10.4. The highest BCUT2D eigenvalue weighted by Crippen LogP contribution is 2.46. The molecule has 4 saturated heterocycles. The van der Waals surface area contributed by atoms with Crippen LogP contribution in [0.4, 0.5) is 19.6 Å². The number of nitrogens with zero attached hydrogens (tertiary/aromatic N) is 7. The van der Waals surface area contributed by atoms with Gasteiger partial charge in [-0.25, -0.2) is 13.8 Å². The van der Waals surface area contributed by atoms with Crippen LogP contribution in [0.1, 0.15) is 96.0 Å². The molecule has 3 aromatic carbocycles. The average molecular weight is 1110 g/mol. The lowest BCUT2D eigenvalue weighted by atomic mass is 9.85. The van der Waals surface area contributed by atoms with Gasteiger partial charge in [0.25, 0.3) is 0 Å². The van der Waals surface area contributed by atoms with Gasteiger partial charge < -0.3 is 41.3 Å². The molecule has 21 heteroatoms. The molecule has 0 saturated carbocycles. The molecule has 4 aliphatic rings. The molecule has 0 radical (unpaired) electrons. The number of carbonyl (C=O) groups is 3. The van der Waals surface area contributed by atoms with Gasteiger partial charge in [0.2, 0.25) is 17.7 Å². The normalized spacial score (nSPS) is 22.2. The van der Waals surface area contributed by atoms with Gasteiger partial charge in [0, 0.05) is 73.5 Å². The zero-order valence-electron chi connectivity index (χ0n) is 44.0. The quantitative estimate of drug-likeness (QED) is 0.0576. The van der Waals surface area contributed by atoms with E-state index < -0.39 is 41.1 Å². The van der Waals surface area contributed by atoms with Gasteiger partial charge in [0.05, 0.1) is 43.5 Å². The van der Waals surface area contributed by atoms with E-state index in [4.69, 9.17) is 27.1 Å². The first-order valence-electron chi connectivity index (χ1n) is 26.3. The van der Waals surface area contributed by atoms with Crippen molar-refractivity contribution in [1.82, 2.24) is 40.7 Å². The number of nitrogens with one attached hydrogen (secondary N) is 3. The van der Waals surface area contributed by atoms with Gasteiger partial charge in [-0.05, 0) is 86.2 Å². The van der Waals surface area contributed by atoms with Crippen LogP contribution in [0.25, 0.3) is 42.6 Å². The number of likely N-dealkylation sites (tertiary alicyclic amines) is 2. The number of fused-ring (bicyclic) bond motifs is 4. The Hall–Kier alpha value is -6.08. The number of anilines is 2. The molecule has 8 atom stereocenters. The molecular weight excluding hydrogens is 1040 g/mol. The van der Waals surface area contributed by atoms with E-state index in [0.717, 1.165) is 52.4 Å². The summed E-state index contributed by atoms with van der Waals surface area (Å²) in [5.74, 6) is -1.65. The second-order valence-corrected chi connectivity index (χ2v) is 24.6. The molecule has 10 rings (SSSR count). The summed E-state index contributed by atoms with van der Waals surface area (Å²) in [6, 6.07) is 12.5. The van der Waals surface area contributed by atoms with E-state index in [1.165, 1.54) is 17.0 Å². The summed E-state index contributed by atoms with van der Waals surface area (Å²) in [6.07, 6.45) is 2.62. The standard InChI is InChI=1S/C56H64ClF2N11O5S2/c1-28-22-68(18-8-7-9-43(72)65-50(56(4,5)6)54(74)70-25-35(71)19-41(70)53(73)63-29(2)31-10-12-32(13-11-31)48-30(3)62-27-76-48)42(28)26-75-55-66-47-37(52(67-55)69-23-33-14-15-34(24-69)64-33)20-39(57)45(46(47)59)36-16-17-40(58)49-44(36)38(21-60)51(61)77-49/h10-13,16-17,20,27-29,33-35,41-42,50,64,71H,7-9,14-15,18-19,22-26,61H2,1-6H3,(H,63,73)(H,65,72)/t28-,29+,33?,34?,35-,41+,42-,50-/m1/s1. The Kier molecular flexibility index (Phi) is 15.5. The molecule has 406 valence electrons. The Morgan fingerprint density at radius 1 is 1.05 bits per heavy atom. The Morgan fingerprint density at radius 2 is 1.79 bits per heavy atom. The number of ether oxygens (including phenoxy) is 1. The highest BCUT2D eigenvalue weighted by atomic mass is 35.5. The number of hydrogen-bond donors (Lipinski definition) is 5. The third-order valence-electron chi connectivity index (χ3n) is 15.7. The van der Waals surface area contributed by atoms with Gasteiger partial charge in [-0.2, -0.15) is 15.2 Å². The van der Waals surface area contributed by atoms with Gasteiger partial charge in [-0.15, -0.1) is 22.7 Å². The number of nitrogens with two attached hydrogens (primary N) is 1. The highest BCUT2D eigenvalue weighted by molar-refractivity contribution is 7.23. The maximum Gasteiger partial charge on any atom is 0.319 e. The lowest BCUT2D eigenvalue weighted by Gasteiger charge is -2.46. The van der Waals surface area contributed by atoms with Crippen LogP contribution in [0, 0.1) is 41.2 Å². The molecule has 2 unspecified atom stereocenters. The van der Waals surface area contributed by atoms with Gasteiger partial charge in [0.15, 0.2) is 5.82 Å². The van der Waals surface area contributed by atoms with Crippen LogP contribution < -0.4 is 31.3 Å². The summed E-state index contributed by atoms with van der Waals surface area (Å²) < 4.78 is 38.9. The van der Waals surface area contributed by atoms with E-state index in [2.05, 4.69) is 48.7 Å². The second-order valence-electron chi connectivity index (χ2n) is 22.3. The van der Waals surface area contributed by atoms with Gasteiger partial charge in [-0.1, -0.05) is 69.6 Å². The Labute approximate surface area is 459 Å². The number of aromatic nitrogens is 3. The lowest BCUT2D eigenvalue weighted by molar-refractivity contribution is -0.144. The van der Waals surface area contributed by atoms with Crippen molar-refractivity contribution in [3.63, 3.8) is 0 Å². The fraction of sp³-hybridized carbons (Fsp3) is 0.482. The number of amides is 3. The maximum absolute atomic E-state index is 17.3. The van der Waals surface area contributed by atoms with E-state index >= 15 is 8.78 Å². The predicted molar refractivity (Wildman–Crippen MR) is 297 cm³/mol. The van der Waals surface area contributed by atoms with Crippen LogP contribution in [0.2, 0.25) is 5.02 Å². The number of thiazole rings is 1. The summed E-state index contributed by atoms with van der Waals surface area (Å²) >= 11 is 9.44. The monoisotopic (exact) mass is 1110 g/mol. The summed E-state index contributed by atoms with van der Waals surface area (Å²) in [6.45, 7) is 14.6. The molecule has 3 aromatic heterocycles. The number of benzene rings is 3. The predicted octanol–water partition coefficient (Wildman–Crippen LogP) is 8.51. The Bertz CT molecular complexity index is 3280. The zero-order chi connectivity index (χ0) is 54.6. The number of aliphatic hydroxyl groups excluding tert-OH is 1. The molecule has 4 aliphatic heterocycles. The number of aliphatic hydroxyl groups is 1. The summed E-state index contributed by atoms with van der Waals surface area (Å²) in [7, 11) is 0. The first-order chi connectivity index (χ1) is 36.8. The summed E-state index contributed by atoms with van der Waals surface area (Å²) in [4.78, 5) is 62.6. The molecule has 16 nitrogen and oxygen atoms in total. The van der Waals surface area contributed by atoms with Crippen LogP contribution in [0.5, 0.6) is 6.01 Å². The van der Waals surface area contributed by atoms with Crippen molar-refractivity contribution < 1.29 is 33.0 Å². The average Bonchev–Trinajstić information content (AvgIpc) is 4.28. The van der Waals surface area contributed by atoms with E-state index in [9.17, 15) is 24.8 Å². The largest absolute Gasteiger partial charge is 0.462 e. The van der Waals surface area contributed by atoms with Crippen LogP contribution in [-0.4, -0.2) is 123 Å². The smallest absolute Gasteiger partial charge is 0.319 e. The number of unbranched alkanes of at least 4 members (excludes halogenated alkanes) is 1. The number of nitrogen functional groups attached to an aromatic ring is 1. The van der Waals surface area contributed by atoms with E-state index in [-0.39, 0.29) is 116 Å². The van der Waals surface area contributed by atoms with Crippen molar-refractivity contribution >= 4 is 83.8 Å². The van der Waals surface area contributed by atoms with E-state index in [0.29, 0.717) is 43.7 Å². The minimum absolute atomic E-state index is 0.0000695. The van der Waals surface area contributed by atoms with Crippen LogP contribution >= 0.6 is 34.3 Å². The zero-order valence-corrected chi connectivity index (χ0v) is 46.4. The van der Waals surface area contributed by atoms with Crippen molar-refractivity contribution in [2.24, 2.45) is 11.3 Å². The van der Waals surface area contributed by atoms with Gasteiger partial charge in [0.1, 0.15) is 46.9 Å². The minimum Gasteiger partial charge on any atom is -0.462 e. The molecule has 4 fully saturated rings. The minimum atomic E-state index is -0.944. The van der Waals surface area contributed by atoms with Crippen molar-refractivity contribution in [3.8, 4) is 33.6 Å². The van der Waals surface area contributed by atoms with Crippen LogP contribution in [0.3, 0.4) is 0 Å². The molecule has 6 aromatic rings. The fourth-order valence-corrected chi connectivity index (χ4v) is 13.6. The maximum atomic E-state index is 17.3. The molecule has 3 amide bonds. The number of thiophene rings is 1. The number of β-amino-alcohol motifs (C(OH)–C–C–N with tert-alkyl or cyclic N) is 1. The highest BCUT2D eigenvalue weighted by Gasteiger charge is 2.45.